The Labute approximate surface area is 111 Å². The van der Waals surface area contributed by atoms with E-state index in [1.807, 2.05) is 18.2 Å². The Morgan fingerprint density at radius 3 is 2.89 bits per heavy atom. The van der Waals surface area contributed by atoms with Crippen LogP contribution in [-0.2, 0) is 0 Å². The predicted octanol–water partition coefficient (Wildman–Crippen LogP) is 3.77. The third kappa shape index (κ3) is 2.04. The zero-order valence-electron chi connectivity index (χ0n) is 10.0. The van der Waals surface area contributed by atoms with Gasteiger partial charge in [0.05, 0.1) is 22.7 Å². The van der Waals surface area contributed by atoms with Crippen LogP contribution in [0, 0.1) is 6.20 Å². The molecule has 0 bridgehead atoms. The number of anilines is 1. The molecule has 91 valence electrons. The average molecular weight is 257 g/mol. The van der Waals surface area contributed by atoms with E-state index in [4.69, 9.17) is 4.42 Å². The van der Waals surface area contributed by atoms with Gasteiger partial charge in [-0.15, -0.1) is 0 Å². The highest BCUT2D eigenvalue weighted by Gasteiger charge is 2.27. The van der Waals surface area contributed by atoms with E-state index in [9.17, 15) is 0 Å². The molecule has 1 aromatic heterocycles. The number of nitrogens with zero attached hydrogens (tertiary/aromatic N) is 2. The van der Waals surface area contributed by atoms with Gasteiger partial charge in [0.1, 0.15) is 0 Å². The molecule has 0 N–H and O–H groups in total. The molecule has 1 aliphatic rings. The fourth-order valence-corrected chi connectivity index (χ4v) is 3.01. The van der Waals surface area contributed by atoms with Gasteiger partial charge in [-0.05, 0) is 18.6 Å². The van der Waals surface area contributed by atoms with E-state index >= 15 is 0 Å². The summed E-state index contributed by atoms with van der Waals surface area (Å²) in [6, 6.07) is 10.3. The molecule has 0 saturated carbocycles. The van der Waals surface area contributed by atoms with Crippen LogP contribution >= 0.6 is 11.8 Å². The first-order valence-electron chi connectivity index (χ1n) is 5.92. The van der Waals surface area contributed by atoms with E-state index in [1.165, 1.54) is 6.39 Å². The standard InChI is InChI=1S/C14H13N2OS/c1-2-14-16(11-6-4-3-5-7-11)9-13(18-14)12-8-15-10-17-12/h3-8,10,14H,2H2,1H3. The van der Waals surface area contributed by atoms with Crippen molar-refractivity contribution in [3.05, 3.63) is 54.9 Å². The maximum Gasteiger partial charge on any atom is 0.181 e. The first-order valence-corrected chi connectivity index (χ1v) is 6.80. The summed E-state index contributed by atoms with van der Waals surface area (Å²) < 4.78 is 5.34. The van der Waals surface area contributed by atoms with Crippen LogP contribution in [-0.4, -0.2) is 10.4 Å². The van der Waals surface area contributed by atoms with E-state index in [2.05, 4.69) is 35.1 Å². The topological polar surface area (TPSA) is 29.3 Å². The summed E-state index contributed by atoms with van der Waals surface area (Å²) >= 11 is 1.77. The van der Waals surface area contributed by atoms with Crippen molar-refractivity contribution in [2.75, 3.05) is 4.90 Å². The number of para-hydroxylation sites is 1. The SMILES string of the molecule is CCC1SC(c2cnco2)=[C]N1c1ccccc1. The van der Waals surface area contributed by atoms with Gasteiger partial charge in [0.2, 0.25) is 0 Å². The number of oxazole rings is 1. The molecule has 0 spiro atoms. The second kappa shape index (κ2) is 4.90. The summed E-state index contributed by atoms with van der Waals surface area (Å²) in [5.41, 5.74) is 1.16. The Morgan fingerprint density at radius 1 is 1.39 bits per heavy atom. The molecule has 2 aromatic rings. The summed E-state index contributed by atoms with van der Waals surface area (Å²) in [6.45, 7) is 2.18. The van der Waals surface area contributed by atoms with Gasteiger partial charge >= 0.3 is 0 Å². The molecule has 2 heterocycles. The zero-order chi connectivity index (χ0) is 12.4. The van der Waals surface area contributed by atoms with Crippen molar-refractivity contribution in [2.45, 2.75) is 18.7 Å². The minimum absolute atomic E-state index is 0.368. The minimum atomic E-state index is 0.368. The largest absolute Gasteiger partial charge is 0.443 e. The normalized spacial score (nSPS) is 19.1. The minimum Gasteiger partial charge on any atom is -0.443 e. The number of aromatic nitrogens is 1. The number of thioether (sulfide) groups is 1. The molecule has 4 heteroatoms. The molecule has 1 aromatic carbocycles. The summed E-state index contributed by atoms with van der Waals surface area (Å²) in [5, 5.41) is 0.368. The molecule has 0 saturated heterocycles. The maximum atomic E-state index is 5.34. The molecule has 1 aliphatic heterocycles. The second-order valence-corrected chi connectivity index (χ2v) is 5.18. The Balaban J connectivity index is 1.93. The first kappa shape index (κ1) is 11.4. The fourth-order valence-electron chi connectivity index (χ4n) is 1.92. The molecule has 1 unspecified atom stereocenters. The molecule has 0 aliphatic carbocycles. The number of benzene rings is 1. The lowest BCUT2D eigenvalue weighted by molar-refractivity contribution is 0.547. The molecule has 1 radical (unpaired) electrons. The molecule has 1 atom stereocenters. The zero-order valence-corrected chi connectivity index (χ0v) is 10.9. The smallest absolute Gasteiger partial charge is 0.181 e. The summed E-state index contributed by atoms with van der Waals surface area (Å²) in [6.07, 6.45) is 7.62. The van der Waals surface area contributed by atoms with Crippen molar-refractivity contribution in [1.82, 2.24) is 4.98 Å². The third-order valence-corrected chi connectivity index (χ3v) is 4.15. The van der Waals surface area contributed by atoms with Crippen LogP contribution in [0.1, 0.15) is 19.1 Å². The lowest BCUT2D eigenvalue weighted by Gasteiger charge is -2.22. The summed E-state index contributed by atoms with van der Waals surface area (Å²) in [7, 11) is 0. The molecule has 0 amide bonds. The molecular formula is C14H13N2OS. The van der Waals surface area contributed by atoms with Gasteiger partial charge < -0.3 is 9.32 Å². The van der Waals surface area contributed by atoms with E-state index in [0.717, 1.165) is 22.8 Å². The van der Waals surface area contributed by atoms with E-state index in [1.54, 1.807) is 18.0 Å². The molecule has 0 fully saturated rings. The Kier molecular flexibility index (Phi) is 3.11. The lowest BCUT2D eigenvalue weighted by atomic mass is 10.3. The quantitative estimate of drug-likeness (QED) is 0.837. The van der Waals surface area contributed by atoms with E-state index in [-0.39, 0.29) is 0 Å². The van der Waals surface area contributed by atoms with Crippen molar-refractivity contribution < 1.29 is 4.42 Å². The van der Waals surface area contributed by atoms with Crippen LogP contribution in [0.25, 0.3) is 4.91 Å². The Morgan fingerprint density at radius 2 is 2.22 bits per heavy atom. The van der Waals surface area contributed by atoms with Crippen molar-refractivity contribution >= 4 is 22.4 Å². The number of hydrogen-bond donors (Lipinski definition) is 0. The highest BCUT2D eigenvalue weighted by molar-refractivity contribution is 8.09. The Hall–Kier alpha value is -1.68. The monoisotopic (exact) mass is 257 g/mol. The molecule has 18 heavy (non-hydrogen) atoms. The average Bonchev–Trinajstić information content (AvgIpc) is 3.08. The molecule has 3 rings (SSSR count). The van der Waals surface area contributed by atoms with Gasteiger partial charge in [-0.2, -0.15) is 0 Å². The lowest BCUT2D eigenvalue weighted by Crippen LogP contribution is -2.23. The van der Waals surface area contributed by atoms with Gasteiger partial charge in [0.15, 0.2) is 12.2 Å². The Bertz CT molecular complexity index is 536. The second-order valence-electron chi connectivity index (χ2n) is 3.99. The van der Waals surface area contributed by atoms with Crippen LogP contribution in [0.5, 0.6) is 0 Å². The molecule has 3 nitrogen and oxygen atoms in total. The van der Waals surface area contributed by atoms with Crippen LogP contribution in [0.15, 0.2) is 47.3 Å². The van der Waals surface area contributed by atoms with E-state index < -0.39 is 0 Å². The highest BCUT2D eigenvalue weighted by atomic mass is 32.2. The first-order chi connectivity index (χ1) is 8.88. The fraction of sp³-hybridized carbons (Fsp3) is 0.214. The highest BCUT2D eigenvalue weighted by Crippen LogP contribution is 2.42. The van der Waals surface area contributed by atoms with Crippen molar-refractivity contribution in [3.63, 3.8) is 0 Å². The van der Waals surface area contributed by atoms with Crippen molar-refractivity contribution in [3.8, 4) is 0 Å². The van der Waals surface area contributed by atoms with E-state index in [0.29, 0.717) is 5.37 Å². The van der Waals surface area contributed by atoms with Crippen LogP contribution in [0.3, 0.4) is 0 Å². The predicted molar refractivity (Wildman–Crippen MR) is 73.7 cm³/mol. The number of hydrogen-bond acceptors (Lipinski definition) is 4. The van der Waals surface area contributed by atoms with Gasteiger partial charge in [-0.25, -0.2) is 4.98 Å². The van der Waals surface area contributed by atoms with Gasteiger partial charge in [-0.3, -0.25) is 0 Å². The van der Waals surface area contributed by atoms with Crippen LogP contribution in [0.2, 0.25) is 0 Å². The van der Waals surface area contributed by atoms with Crippen molar-refractivity contribution in [1.29, 1.82) is 0 Å². The van der Waals surface area contributed by atoms with Gasteiger partial charge in [-0.1, -0.05) is 36.9 Å². The van der Waals surface area contributed by atoms with Crippen LogP contribution < -0.4 is 4.90 Å². The molecular weight excluding hydrogens is 244 g/mol. The summed E-state index contributed by atoms with van der Waals surface area (Å²) in [4.78, 5) is 7.14. The van der Waals surface area contributed by atoms with Gasteiger partial charge in [0.25, 0.3) is 0 Å². The third-order valence-electron chi connectivity index (χ3n) is 2.80. The van der Waals surface area contributed by atoms with Crippen LogP contribution in [0.4, 0.5) is 5.69 Å². The maximum absolute atomic E-state index is 5.34. The number of rotatable bonds is 3. The summed E-state index contributed by atoms with van der Waals surface area (Å²) in [5.74, 6) is 0.789. The van der Waals surface area contributed by atoms with Crippen molar-refractivity contribution in [2.24, 2.45) is 0 Å². The van der Waals surface area contributed by atoms with Gasteiger partial charge in [0, 0.05) is 5.69 Å².